The molecule has 0 aliphatic carbocycles. The summed E-state index contributed by atoms with van der Waals surface area (Å²) in [5.41, 5.74) is 0. The highest BCUT2D eigenvalue weighted by atomic mass is 16.7. The van der Waals surface area contributed by atoms with Crippen molar-refractivity contribution in [1.29, 1.82) is 0 Å². The Bertz CT molecular complexity index is 167. The SMILES string of the molecule is CCCCCC1(O)CCC(=O)O1. The Balaban J connectivity index is 2.25. The lowest BCUT2D eigenvalue weighted by molar-refractivity contribution is -0.190. The zero-order chi connectivity index (χ0) is 9.03. The third-order valence-electron chi connectivity index (χ3n) is 2.19. The molecule has 70 valence electrons. The molecule has 0 spiro atoms. The van der Waals surface area contributed by atoms with Crippen LogP contribution in [0.15, 0.2) is 0 Å². The molecule has 0 aromatic carbocycles. The van der Waals surface area contributed by atoms with Crippen LogP contribution in [-0.4, -0.2) is 16.9 Å². The molecule has 1 rings (SSSR count). The molecule has 3 heteroatoms. The molecule has 1 saturated heterocycles. The average molecular weight is 172 g/mol. The predicted molar refractivity (Wildman–Crippen MR) is 44.4 cm³/mol. The van der Waals surface area contributed by atoms with Gasteiger partial charge in [-0.2, -0.15) is 0 Å². The van der Waals surface area contributed by atoms with Crippen molar-refractivity contribution in [2.75, 3.05) is 0 Å². The quantitative estimate of drug-likeness (QED) is 0.517. The van der Waals surface area contributed by atoms with E-state index < -0.39 is 5.79 Å². The van der Waals surface area contributed by atoms with Gasteiger partial charge in [-0.25, -0.2) is 0 Å². The van der Waals surface area contributed by atoms with Gasteiger partial charge in [0.2, 0.25) is 5.79 Å². The second kappa shape index (κ2) is 3.90. The fourth-order valence-electron chi connectivity index (χ4n) is 1.44. The molecule has 1 aliphatic rings. The van der Waals surface area contributed by atoms with E-state index in [0.717, 1.165) is 19.3 Å². The number of carbonyl (C=O) groups excluding carboxylic acids is 1. The minimum absolute atomic E-state index is 0.269. The number of hydrogen-bond donors (Lipinski definition) is 1. The van der Waals surface area contributed by atoms with Crippen LogP contribution < -0.4 is 0 Å². The zero-order valence-electron chi connectivity index (χ0n) is 7.51. The van der Waals surface area contributed by atoms with Crippen molar-refractivity contribution in [2.24, 2.45) is 0 Å². The monoisotopic (exact) mass is 172 g/mol. The van der Waals surface area contributed by atoms with Gasteiger partial charge in [-0.3, -0.25) is 4.79 Å². The van der Waals surface area contributed by atoms with Gasteiger partial charge in [-0.05, 0) is 6.42 Å². The molecule has 1 heterocycles. The number of hydrogen-bond acceptors (Lipinski definition) is 3. The third kappa shape index (κ3) is 2.48. The zero-order valence-corrected chi connectivity index (χ0v) is 7.51. The van der Waals surface area contributed by atoms with Crippen molar-refractivity contribution in [2.45, 2.75) is 51.2 Å². The number of carbonyl (C=O) groups is 1. The van der Waals surface area contributed by atoms with Crippen LogP contribution in [0.2, 0.25) is 0 Å². The van der Waals surface area contributed by atoms with Crippen LogP contribution in [0.25, 0.3) is 0 Å². The maximum atomic E-state index is 10.7. The van der Waals surface area contributed by atoms with Gasteiger partial charge in [0.05, 0.1) is 6.42 Å². The van der Waals surface area contributed by atoms with E-state index in [0.29, 0.717) is 19.3 Å². The molecular formula is C9H16O3. The van der Waals surface area contributed by atoms with Gasteiger partial charge < -0.3 is 9.84 Å². The van der Waals surface area contributed by atoms with E-state index in [1.54, 1.807) is 0 Å². The molecule has 1 fully saturated rings. The number of esters is 1. The summed E-state index contributed by atoms with van der Waals surface area (Å²) in [6.07, 6.45) is 4.55. The summed E-state index contributed by atoms with van der Waals surface area (Å²) < 4.78 is 4.81. The molecule has 1 unspecified atom stereocenters. The smallest absolute Gasteiger partial charge is 0.308 e. The first kappa shape index (κ1) is 9.52. The van der Waals surface area contributed by atoms with E-state index in [2.05, 4.69) is 6.92 Å². The van der Waals surface area contributed by atoms with Crippen LogP contribution in [0, 0.1) is 0 Å². The van der Waals surface area contributed by atoms with E-state index in [9.17, 15) is 9.90 Å². The Labute approximate surface area is 72.7 Å². The first-order valence-corrected chi connectivity index (χ1v) is 4.60. The standard InChI is InChI=1S/C9H16O3/c1-2-3-4-6-9(11)7-5-8(10)12-9/h11H,2-7H2,1H3. The number of ether oxygens (including phenoxy) is 1. The van der Waals surface area contributed by atoms with Crippen molar-refractivity contribution in [3.05, 3.63) is 0 Å². The number of rotatable bonds is 4. The molecule has 0 saturated carbocycles. The third-order valence-corrected chi connectivity index (χ3v) is 2.19. The summed E-state index contributed by atoms with van der Waals surface area (Å²) in [4.78, 5) is 10.7. The van der Waals surface area contributed by atoms with Gasteiger partial charge in [0, 0.05) is 12.8 Å². The van der Waals surface area contributed by atoms with E-state index in [4.69, 9.17) is 4.74 Å². The Morgan fingerprint density at radius 3 is 2.83 bits per heavy atom. The Hall–Kier alpha value is -0.570. The van der Waals surface area contributed by atoms with E-state index in [1.807, 2.05) is 0 Å². The van der Waals surface area contributed by atoms with Crippen molar-refractivity contribution in [3.63, 3.8) is 0 Å². The van der Waals surface area contributed by atoms with Crippen LogP contribution >= 0.6 is 0 Å². The Kier molecular flexibility index (Phi) is 3.09. The van der Waals surface area contributed by atoms with Crippen LogP contribution in [-0.2, 0) is 9.53 Å². The van der Waals surface area contributed by atoms with Gasteiger partial charge in [0.15, 0.2) is 0 Å². The lowest BCUT2D eigenvalue weighted by Gasteiger charge is -2.20. The second-order valence-corrected chi connectivity index (χ2v) is 3.38. The van der Waals surface area contributed by atoms with Crippen LogP contribution in [0.3, 0.4) is 0 Å². The first-order chi connectivity index (χ1) is 5.66. The fraction of sp³-hybridized carbons (Fsp3) is 0.889. The van der Waals surface area contributed by atoms with Crippen LogP contribution in [0.4, 0.5) is 0 Å². The lowest BCUT2D eigenvalue weighted by Crippen LogP contribution is -2.27. The van der Waals surface area contributed by atoms with Crippen LogP contribution in [0.1, 0.15) is 45.4 Å². The van der Waals surface area contributed by atoms with Crippen molar-refractivity contribution >= 4 is 5.97 Å². The predicted octanol–water partition coefficient (Wildman–Crippen LogP) is 1.59. The highest BCUT2D eigenvalue weighted by molar-refractivity contribution is 5.71. The van der Waals surface area contributed by atoms with Crippen LogP contribution in [0.5, 0.6) is 0 Å². The van der Waals surface area contributed by atoms with Crippen molar-refractivity contribution in [1.82, 2.24) is 0 Å². The van der Waals surface area contributed by atoms with Gasteiger partial charge in [0.25, 0.3) is 0 Å². The minimum atomic E-state index is -1.13. The maximum absolute atomic E-state index is 10.7. The van der Waals surface area contributed by atoms with Crippen molar-refractivity contribution in [3.8, 4) is 0 Å². The second-order valence-electron chi connectivity index (χ2n) is 3.38. The normalized spacial score (nSPS) is 29.0. The molecule has 12 heavy (non-hydrogen) atoms. The number of aliphatic hydroxyl groups is 1. The molecule has 3 nitrogen and oxygen atoms in total. The molecule has 1 atom stereocenters. The maximum Gasteiger partial charge on any atom is 0.308 e. The summed E-state index contributed by atoms with van der Waals surface area (Å²) in [5.74, 6) is -1.40. The average Bonchev–Trinajstić information content (AvgIpc) is 2.32. The van der Waals surface area contributed by atoms with Gasteiger partial charge in [-0.1, -0.05) is 19.8 Å². The minimum Gasteiger partial charge on any atom is -0.433 e. The molecule has 0 bridgehead atoms. The van der Waals surface area contributed by atoms with Gasteiger partial charge in [0.1, 0.15) is 0 Å². The Morgan fingerprint density at radius 1 is 1.58 bits per heavy atom. The van der Waals surface area contributed by atoms with Gasteiger partial charge >= 0.3 is 5.97 Å². The molecule has 1 aliphatic heterocycles. The number of unbranched alkanes of at least 4 members (excludes halogenated alkanes) is 2. The molecule has 0 radical (unpaired) electrons. The summed E-state index contributed by atoms with van der Waals surface area (Å²) >= 11 is 0. The molecular weight excluding hydrogens is 156 g/mol. The van der Waals surface area contributed by atoms with Gasteiger partial charge in [-0.15, -0.1) is 0 Å². The largest absolute Gasteiger partial charge is 0.433 e. The van der Waals surface area contributed by atoms with E-state index in [-0.39, 0.29) is 5.97 Å². The molecule has 0 amide bonds. The first-order valence-electron chi connectivity index (χ1n) is 4.60. The molecule has 0 aromatic rings. The summed E-state index contributed by atoms with van der Waals surface area (Å²) in [6, 6.07) is 0. The number of cyclic esters (lactones) is 1. The highest BCUT2D eigenvalue weighted by Gasteiger charge is 2.37. The topological polar surface area (TPSA) is 46.5 Å². The summed E-state index contributed by atoms with van der Waals surface area (Å²) in [5, 5.41) is 9.65. The lowest BCUT2D eigenvalue weighted by atomic mass is 10.1. The highest BCUT2D eigenvalue weighted by Crippen LogP contribution is 2.28. The Morgan fingerprint density at radius 2 is 2.33 bits per heavy atom. The summed E-state index contributed by atoms with van der Waals surface area (Å²) in [6.45, 7) is 2.10. The molecule has 1 N–H and O–H groups in total. The molecule has 0 aromatic heterocycles. The van der Waals surface area contributed by atoms with E-state index in [1.165, 1.54) is 0 Å². The summed E-state index contributed by atoms with van der Waals surface area (Å²) in [7, 11) is 0. The van der Waals surface area contributed by atoms with Crippen molar-refractivity contribution < 1.29 is 14.6 Å². The van der Waals surface area contributed by atoms with E-state index >= 15 is 0 Å². The fourth-order valence-corrected chi connectivity index (χ4v) is 1.44.